The minimum absolute atomic E-state index is 0.00763. The molecular weight excluding hydrogens is 912 g/mol. The Balaban J connectivity index is 0.877. The Kier molecular flexibility index (Phi) is 15.1. The molecule has 4 aromatic carbocycles. The van der Waals surface area contributed by atoms with Crippen LogP contribution in [0.2, 0.25) is 0 Å². The number of carbonyl (C=O) groups excluding carboxylic acids is 2. The summed E-state index contributed by atoms with van der Waals surface area (Å²) in [5.41, 5.74) is 6.79. The van der Waals surface area contributed by atoms with Gasteiger partial charge in [0.15, 0.2) is 46.0 Å². The first-order valence-corrected chi connectivity index (χ1v) is 23.5. The van der Waals surface area contributed by atoms with Crippen molar-refractivity contribution in [2.45, 2.75) is 50.6 Å². The number of rotatable bonds is 20. The predicted octanol–water partition coefficient (Wildman–Crippen LogP) is 7.46. The molecule has 0 N–H and O–H groups in total. The average molecular weight is 976 g/mol. The molecule has 0 saturated carbocycles. The summed E-state index contributed by atoms with van der Waals surface area (Å²) in [5.74, 6) is 4.84. The van der Waals surface area contributed by atoms with E-state index in [1.54, 1.807) is 42.7 Å². The van der Waals surface area contributed by atoms with Crippen LogP contribution in [0.3, 0.4) is 0 Å². The second-order valence-electron chi connectivity index (χ2n) is 18.2. The zero-order chi connectivity index (χ0) is 48.9. The largest absolute Gasteiger partial charge is 0.493 e. The summed E-state index contributed by atoms with van der Waals surface area (Å²) in [5, 5.41) is -0.348. The number of nitrogens with zero attached hydrogens (tertiary/aromatic N) is 2. The topological polar surface area (TPSA) is 145 Å². The molecular formula is C52H63ClN2O14+2. The van der Waals surface area contributed by atoms with Crippen molar-refractivity contribution in [3.8, 4) is 57.5 Å². The molecule has 8 rings (SSSR count). The van der Waals surface area contributed by atoms with Crippen LogP contribution in [-0.2, 0) is 44.7 Å². The Bertz CT molecular complexity index is 2530. The van der Waals surface area contributed by atoms with Crippen LogP contribution in [0.4, 0.5) is 0 Å². The lowest BCUT2D eigenvalue weighted by Gasteiger charge is -2.46. The molecule has 0 saturated heterocycles. The molecule has 0 amide bonds. The lowest BCUT2D eigenvalue weighted by molar-refractivity contribution is -0.941. The highest BCUT2D eigenvalue weighted by Gasteiger charge is 2.42. The number of carbonyl (C=O) groups is 2. The molecule has 17 heteroatoms. The van der Waals surface area contributed by atoms with Crippen LogP contribution in [0.5, 0.6) is 57.5 Å². The third-order valence-corrected chi connectivity index (χ3v) is 14.4. The number of hydrogen-bond acceptors (Lipinski definition) is 14. The second kappa shape index (κ2) is 21.2. The number of likely N-dealkylation sites (N-methyl/N-ethyl adjacent to an activating group) is 2. The fourth-order valence-electron chi connectivity index (χ4n) is 10.4. The number of hydrogen-bond donors (Lipinski definition) is 0. The van der Waals surface area contributed by atoms with Gasteiger partial charge in [-0.1, -0.05) is 11.6 Å². The number of halogens is 1. The summed E-state index contributed by atoms with van der Waals surface area (Å²) in [6.45, 7) is 3.69. The standard InChI is InChI=1S/C52H63ClN2O14/c1-54(15-11-34-25-41-43(68-30-66-41)27-36(34)39(54)19-32-21-45(58-3)50(62-7)46(22-32)59-4)13-9-17-64-49(56)29-38(53)52(57)65-18-10-14-55(2)16-12-35-26-42-44(69-31-67-42)28-37(35)40(55)20-33-23-47(60-5)51(63-8)48(24-33)61-6/h21-29,39-40H,9-20,30-31H2,1-8H3/q+2/b38-29-/t39-,40-,54-,55-/m1/s1. The highest BCUT2D eigenvalue weighted by atomic mass is 35.5. The first-order chi connectivity index (χ1) is 33.3. The number of fused-ring (bicyclic) bond motifs is 4. The molecule has 0 fully saturated rings. The first-order valence-electron chi connectivity index (χ1n) is 23.2. The molecule has 0 spiro atoms. The van der Waals surface area contributed by atoms with Crippen LogP contribution in [0.1, 0.15) is 58.3 Å². The number of esters is 2. The lowest BCUT2D eigenvalue weighted by atomic mass is 9.86. The van der Waals surface area contributed by atoms with Crippen molar-refractivity contribution >= 4 is 23.5 Å². The second-order valence-corrected chi connectivity index (χ2v) is 18.6. The third-order valence-electron chi connectivity index (χ3n) is 14.1. The maximum absolute atomic E-state index is 13.1. The smallest absolute Gasteiger partial charge is 0.350 e. The van der Waals surface area contributed by atoms with E-state index in [2.05, 4.69) is 38.4 Å². The molecule has 0 aromatic heterocycles. The summed E-state index contributed by atoms with van der Waals surface area (Å²) in [4.78, 5) is 26.1. The summed E-state index contributed by atoms with van der Waals surface area (Å²) in [6.07, 6.45) is 5.09. The quantitative estimate of drug-likeness (QED) is 0.0374. The van der Waals surface area contributed by atoms with E-state index in [0.717, 1.165) is 66.1 Å². The Morgan fingerprint density at radius 1 is 0.580 bits per heavy atom. The molecule has 69 heavy (non-hydrogen) atoms. The SMILES string of the molecule is COc1cc(C[C@@H]2c3cc4c(cc3CC[N@@+]2(C)CCCOC(=O)/C=C(\Cl)C(=O)OCCC[N@+]2(C)CCc3cc5c(cc3[C@H]2Cc2cc(OC)c(OC)c(OC)c2)OCO5)OCO4)cc(OC)c1OC. The molecule has 4 aliphatic rings. The van der Waals surface area contributed by atoms with Gasteiger partial charge in [0.05, 0.1) is 96.1 Å². The lowest BCUT2D eigenvalue weighted by Crippen LogP contribution is -2.52. The van der Waals surface area contributed by atoms with E-state index in [9.17, 15) is 9.59 Å². The van der Waals surface area contributed by atoms with Gasteiger partial charge in [0.25, 0.3) is 0 Å². The highest BCUT2D eigenvalue weighted by molar-refractivity contribution is 6.42. The predicted molar refractivity (Wildman–Crippen MR) is 255 cm³/mol. The molecule has 4 heterocycles. The summed E-state index contributed by atoms with van der Waals surface area (Å²) in [6, 6.07) is 16.3. The maximum atomic E-state index is 13.1. The van der Waals surface area contributed by atoms with Crippen LogP contribution in [0.25, 0.3) is 0 Å². The Labute approximate surface area is 408 Å². The Morgan fingerprint density at radius 3 is 1.36 bits per heavy atom. The third kappa shape index (κ3) is 10.4. The number of quaternary nitrogens is 2. The van der Waals surface area contributed by atoms with Crippen LogP contribution in [0, 0.1) is 0 Å². The van der Waals surface area contributed by atoms with Gasteiger partial charge in [-0.25, -0.2) is 9.59 Å². The van der Waals surface area contributed by atoms with E-state index in [1.165, 1.54) is 22.3 Å². The van der Waals surface area contributed by atoms with Gasteiger partial charge in [0.1, 0.15) is 17.1 Å². The molecule has 4 atom stereocenters. The first kappa shape index (κ1) is 49.2. The van der Waals surface area contributed by atoms with E-state index >= 15 is 0 Å². The zero-order valence-corrected chi connectivity index (χ0v) is 41.5. The van der Waals surface area contributed by atoms with Crippen molar-refractivity contribution in [3.05, 3.63) is 93.0 Å². The van der Waals surface area contributed by atoms with Crippen molar-refractivity contribution in [3.63, 3.8) is 0 Å². The van der Waals surface area contributed by atoms with E-state index in [4.69, 9.17) is 68.4 Å². The van der Waals surface area contributed by atoms with Gasteiger partial charge >= 0.3 is 11.9 Å². The minimum Gasteiger partial charge on any atom is -0.493 e. The van der Waals surface area contributed by atoms with Crippen molar-refractivity contribution in [1.82, 2.24) is 0 Å². The van der Waals surface area contributed by atoms with E-state index in [1.807, 2.05) is 24.3 Å². The van der Waals surface area contributed by atoms with E-state index in [-0.39, 0.29) is 43.9 Å². The Hall–Kier alpha value is -6.23. The van der Waals surface area contributed by atoms with Crippen molar-refractivity contribution < 1.29 is 75.4 Å². The molecule has 16 nitrogen and oxygen atoms in total. The fraction of sp³-hybridized carbons (Fsp3) is 0.462. The molecule has 370 valence electrons. The van der Waals surface area contributed by atoms with Gasteiger partial charge in [0, 0.05) is 55.7 Å². The van der Waals surface area contributed by atoms with Gasteiger partial charge in [-0.15, -0.1) is 0 Å². The maximum Gasteiger partial charge on any atom is 0.350 e. The fourth-order valence-corrected chi connectivity index (χ4v) is 10.5. The average Bonchev–Trinajstić information content (AvgIpc) is 4.03. The van der Waals surface area contributed by atoms with Gasteiger partial charge in [-0.3, -0.25) is 0 Å². The monoisotopic (exact) mass is 974 g/mol. The molecule has 0 unspecified atom stereocenters. The molecule has 0 bridgehead atoms. The van der Waals surface area contributed by atoms with Gasteiger partial charge < -0.3 is 65.8 Å². The zero-order valence-electron chi connectivity index (χ0n) is 40.7. The number of benzene rings is 4. The summed E-state index contributed by atoms with van der Waals surface area (Å²) in [7, 11) is 14.1. The van der Waals surface area contributed by atoms with Crippen molar-refractivity contribution in [2.75, 3.05) is 110 Å². The van der Waals surface area contributed by atoms with Crippen molar-refractivity contribution in [2.24, 2.45) is 0 Å². The Morgan fingerprint density at radius 2 is 0.971 bits per heavy atom. The van der Waals surface area contributed by atoms with Gasteiger partial charge in [-0.05, 0) is 70.8 Å². The number of ether oxygens (including phenoxy) is 12. The minimum atomic E-state index is -0.789. The molecule has 0 aliphatic carbocycles. The van der Waals surface area contributed by atoms with Crippen molar-refractivity contribution in [1.29, 1.82) is 0 Å². The van der Waals surface area contributed by atoms with Gasteiger partial charge in [-0.2, -0.15) is 0 Å². The van der Waals surface area contributed by atoms with E-state index < -0.39 is 11.9 Å². The highest BCUT2D eigenvalue weighted by Crippen LogP contribution is 2.48. The van der Waals surface area contributed by atoms with E-state index in [0.29, 0.717) is 82.2 Å². The van der Waals surface area contributed by atoms with Crippen LogP contribution in [-0.4, -0.2) is 131 Å². The molecule has 4 aromatic rings. The van der Waals surface area contributed by atoms with Crippen LogP contribution in [0.15, 0.2) is 59.6 Å². The molecule has 0 radical (unpaired) electrons. The van der Waals surface area contributed by atoms with Gasteiger partial charge in [0.2, 0.25) is 25.1 Å². The van der Waals surface area contributed by atoms with Crippen LogP contribution >= 0.6 is 11.6 Å². The summed E-state index contributed by atoms with van der Waals surface area (Å²) >= 11 is 6.35. The summed E-state index contributed by atoms with van der Waals surface area (Å²) < 4.78 is 69.6. The normalized spacial score (nSPS) is 20.9. The van der Waals surface area contributed by atoms with Crippen LogP contribution < -0.4 is 47.4 Å². The molecule has 4 aliphatic heterocycles. The number of methoxy groups -OCH3 is 6.